The second kappa shape index (κ2) is 8.20. The molecule has 3 aromatic rings. The zero-order valence-corrected chi connectivity index (χ0v) is 16.5. The molecule has 1 aliphatic rings. The number of benzene rings is 3. The molecular weight excluding hydrogens is 382 g/mol. The summed E-state index contributed by atoms with van der Waals surface area (Å²) in [5, 5.41) is 0. The quantitative estimate of drug-likeness (QED) is 0.502. The zero-order chi connectivity index (χ0) is 17.8. The molecule has 4 rings (SSSR count). The fourth-order valence-electron chi connectivity index (χ4n) is 3.99. The first kappa shape index (κ1) is 17.5. The van der Waals surface area contributed by atoms with Crippen LogP contribution in [0.25, 0.3) is 0 Å². The Morgan fingerprint density at radius 2 is 1.38 bits per heavy atom. The molecule has 26 heavy (non-hydrogen) atoms. The van der Waals surface area contributed by atoms with E-state index in [0.717, 1.165) is 19.5 Å². The molecule has 1 aliphatic carbocycles. The van der Waals surface area contributed by atoms with Crippen LogP contribution in [0.15, 0.2) is 83.3 Å². The van der Waals surface area contributed by atoms with Gasteiger partial charge in [0.1, 0.15) is 0 Å². The second-order valence-electron chi connectivity index (χ2n) is 7.15. The highest BCUT2D eigenvalue weighted by Gasteiger charge is 2.25. The summed E-state index contributed by atoms with van der Waals surface area (Å²) in [6.45, 7) is 2.00. The Bertz CT molecular complexity index is 803. The molecule has 3 aromatic carbocycles. The van der Waals surface area contributed by atoms with Crippen LogP contribution < -0.4 is 0 Å². The third-order valence-corrected chi connectivity index (χ3v) is 6.12. The minimum absolute atomic E-state index is 0.571. The van der Waals surface area contributed by atoms with Crippen molar-refractivity contribution in [2.45, 2.75) is 38.4 Å². The van der Waals surface area contributed by atoms with E-state index in [9.17, 15) is 0 Å². The summed E-state index contributed by atoms with van der Waals surface area (Å²) in [6, 6.07) is 28.9. The third kappa shape index (κ3) is 4.08. The van der Waals surface area contributed by atoms with Crippen molar-refractivity contribution in [1.82, 2.24) is 4.90 Å². The van der Waals surface area contributed by atoms with E-state index in [0.29, 0.717) is 6.04 Å². The number of hydrogen-bond donors (Lipinski definition) is 0. The third-order valence-electron chi connectivity index (χ3n) is 5.38. The molecular formula is C24H24BrN. The number of fused-ring (bicyclic) bond motifs is 1. The molecule has 0 amide bonds. The Labute approximate surface area is 164 Å². The second-order valence-corrected chi connectivity index (χ2v) is 8.00. The van der Waals surface area contributed by atoms with E-state index in [-0.39, 0.29) is 0 Å². The van der Waals surface area contributed by atoms with E-state index in [1.165, 1.54) is 39.6 Å². The molecule has 132 valence electrons. The van der Waals surface area contributed by atoms with Crippen LogP contribution in [0, 0.1) is 0 Å². The summed E-state index contributed by atoms with van der Waals surface area (Å²) in [5.74, 6) is 0. The molecule has 1 atom stereocenters. The summed E-state index contributed by atoms with van der Waals surface area (Å²) in [7, 11) is 0. The van der Waals surface area contributed by atoms with Gasteiger partial charge in [-0.2, -0.15) is 0 Å². The van der Waals surface area contributed by atoms with Gasteiger partial charge in [0.25, 0.3) is 0 Å². The SMILES string of the molecule is Brc1cccc2c1C[C@H](N(Cc1ccccc1)Cc1ccccc1)CC2. The predicted molar refractivity (Wildman–Crippen MR) is 112 cm³/mol. The topological polar surface area (TPSA) is 3.24 Å². The van der Waals surface area contributed by atoms with Crippen molar-refractivity contribution in [3.05, 3.63) is 106 Å². The van der Waals surface area contributed by atoms with Gasteiger partial charge in [0.15, 0.2) is 0 Å². The van der Waals surface area contributed by atoms with Gasteiger partial charge < -0.3 is 0 Å². The molecule has 0 radical (unpaired) electrons. The molecule has 0 bridgehead atoms. The maximum absolute atomic E-state index is 3.77. The molecule has 1 nitrogen and oxygen atoms in total. The molecule has 0 fully saturated rings. The first-order valence-corrected chi connectivity index (χ1v) is 10.2. The minimum atomic E-state index is 0.571. The van der Waals surface area contributed by atoms with Gasteiger partial charge in [-0.3, -0.25) is 4.90 Å². The Kier molecular flexibility index (Phi) is 5.52. The molecule has 2 heteroatoms. The van der Waals surface area contributed by atoms with E-state index < -0.39 is 0 Å². The molecule has 0 saturated carbocycles. The summed E-state index contributed by atoms with van der Waals surface area (Å²) >= 11 is 3.77. The Hall–Kier alpha value is -1.90. The molecule has 0 spiro atoms. The van der Waals surface area contributed by atoms with Gasteiger partial charge in [-0.05, 0) is 47.6 Å². The predicted octanol–water partition coefficient (Wildman–Crippen LogP) is 6.01. The molecule has 0 aromatic heterocycles. The van der Waals surface area contributed by atoms with Gasteiger partial charge in [0.2, 0.25) is 0 Å². The highest BCUT2D eigenvalue weighted by molar-refractivity contribution is 9.10. The summed E-state index contributed by atoms with van der Waals surface area (Å²) in [5.41, 5.74) is 5.78. The lowest BCUT2D eigenvalue weighted by atomic mass is 9.87. The van der Waals surface area contributed by atoms with Crippen molar-refractivity contribution >= 4 is 15.9 Å². The van der Waals surface area contributed by atoms with E-state index in [2.05, 4.69) is 99.7 Å². The highest BCUT2D eigenvalue weighted by Crippen LogP contribution is 2.31. The summed E-state index contributed by atoms with van der Waals surface area (Å²) in [6.07, 6.45) is 3.51. The van der Waals surface area contributed by atoms with Crippen molar-refractivity contribution in [2.75, 3.05) is 0 Å². The van der Waals surface area contributed by atoms with Crippen LogP contribution in [0.1, 0.15) is 28.7 Å². The van der Waals surface area contributed by atoms with Crippen LogP contribution in [0.2, 0.25) is 0 Å². The van der Waals surface area contributed by atoms with Crippen LogP contribution in [0.5, 0.6) is 0 Å². The maximum Gasteiger partial charge on any atom is 0.0240 e. The van der Waals surface area contributed by atoms with Gasteiger partial charge in [0, 0.05) is 23.6 Å². The largest absolute Gasteiger partial charge is 0.292 e. The Morgan fingerprint density at radius 1 is 0.769 bits per heavy atom. The van der Waals surface area contributed by atoms with Crippen molar-refractivity contribution in [3.8, 4) is 0 Å². The van der Waals surface area contributed by atoms with Gasteiger partial charge in [0.05, 0.1) is 0 Å². The zero-order valence-electron chi connectivity index (χ0n) is 14.9. The number of aryl methyl sites for hydroxylation is 1. The highest BCUT2D eigenvalue weighted by atomic mass is 79.9. The van der Waals surface area contributed by atoms with Crippen LogP contribution in [0.4, 0.5) is 0 Å². The van der Waals surface area contributed by atoms with Gasteiger partial charge in [-0.25, -0.2) is 0 Å². The van der Waals surface area contributed by atoms with Gasteiger partial charge >= 0.3 is 0 Å². The van der Waals surface area contributed by atoms with Gasteiger partial charge in [-0.15, -0.1) is 0 Å². The van der Waals surface area contributed by atoms with E-state index in [1.807, 2.05) is 0 Å². The summed E-state index contributed by atoms with van der Waals surface area (Å²) in [4.78, 5) is 2.66. The monoisotopic (exact) mass is 405 g/mol. The molecule has 0 aliphatic heterocycles. The van der Waals surface area contributed by atoms with Crippen LogP contribution in [-0.4, -0.2) is 10.9 Å². The summed E-state index contributed by atoms with van der Waals surface area (Å²) < 4.78 is 1.26. The molecule has 0 unspecified atom stereocenters. The number of hydrogen-bond acceptors (Lipinski definition) is 1. The van der Waals surface area contributed by atoms with Crippen LogP contribution >= 0.6 is 15.9 Å². The number of rotatable bonds is 5. The van der Waals surface area contributed by atoms with E-state index in [1.54, 1.807) is 0 Å². The standard InChI is InChI=1S/C24H24BrN/c25-24-13-7-12-21-14-15-22(16-23(21)24)26(17-19-8-3-1-4-9-19)18-20-10-5-2-6-11-20/h1-13,22H,14-18H2/t22-/m1/s1. The Morgan fingerprint density at radius 3 is 2.00 bits per heavy atom. The average Bonchev–Trinajstić information content (AvgIpc) is 2.69. The molecule has 0 heterocycles. The first-order chi connectivity index (χ1) is 12.8. The van der Waals surface area contributed by atoms with Crippen molar-refractivity contribution < 1.29 is 0 Å². The number of nitrogens with zero attached hydrogens (tertiary/aromatic N) is 1. The first-order valence-electron chi connectivity index (χ1n) is 9.38. The molecule has 0 N–H and O–H groups in total. The lowest BCUT2D eigenvalue weighted by molar-refractivity contribution is 0.162. The average molecular weight is 406 g/mol. The van der Waals surface area contributed by atoms with E-state index >= 15 is 0 Å². The van der Waals surface area contributed by atoms with Crippen molar-refractivity contribution in [2.24, 2.45) is 0 Å². The lowest BCUT2D eigenvalue weighted by Gasteiger charge is -2.36. The number of halogens is 1. The van der Waals surface area contributed by atoms with Crippen molar-refractivity contribution in [1.29, 1.82) is 0 Å². The van der Waals surface area contributed by atoms with Gasteiger partial charge in [-0.1, -0.05) is 88.7 Å². The normalized spacial score (nSPS) is 16.5. The smallest absolute Gasteiger partial charge is 0.0240 e. The maximum atomic E-state index is 3.77. The Balaban J connectivity index is 1.59. The molecule has 0 saturated heterocycles. The van der Waals surface area contributed by atoms with E-state index in [4.69, 9.17) is 0 Å². The van der Waals surface area contributed by atoms with Crippen LogP contribution in [0.3, 0.4) is 0 Å². The lowest BCUT2D eigenvalue weighted by Crippen LogP contribution is -2.38. The van der Waals surface area contributed by atoms with Crippen LogP contribution in [-0.2, 0) is 25.9 Å². The fraction of sp³-hybridized carbons (Fsp3) is 0.250. The van der Waals surface area contributed by atoms with Crippen molar-refractivity contribution in [3.63, 3.8) is 0 Å². The fourth-order valence-corrected chi connectivity index (χ4v) is 4.56. The minimum Gasteiger partial charge on any atom is -0.292 e.